The zero-order valence-corrected chi connectivity index (χ0v) is 16.6. The molecule has 0 fully saturated rings. The van der Waals surface area contributed by atoms with E-state index in [9.17, 15) is 14.7 Å². The predicted molar refractivity (Wildman–Crippen MR) is 105 cm³/mol. The smallest absolute Gasteiger partial charge is 0.413 e. The Balaban J connectivity index is 1.95. The number of aliphatic hydroxyl groups excluding tert-OH is 1. The molecule has 0 radical (unpaired) electrons. The second-order valence-electron chi connectivity index (χ2n) is 6.75. The molecule has 0 aromatic heterocycles. The standard InChI is InChI=1S/C21H27NO6/c1-14(2)22(21(25)28-16(4)27-15(3)23)12-18(24)13-26-20-11-7-9-17-8-5-6-10-19(17)20/h5-11,14,16,18,24H,12-13H2,1-4H3. The molecule has 0 bridgehead atoms. The van der Waals surface area contributed by atoms with Crippen molar-refractivity contribution in [3.63, 3.8) is 0 Å². The Kier molecular flexibility index (Phi) is 7.63. The second-order valence-corrected chi connectivity index (χ2v) is 6.75. The Morgan fingerprint density at radius 3 is 2.39 bits per heavy atom. The number of amides is 1. The van der Waals surface area contributed by atoms with Crippen molar-refractivity contribution in [1.82, 2.24) is 4.90 Å². The molecular formula is C21H27NO6. The summed E-state index contributed by atoms with van der Waals surface area (Å²) in [5.74, 6) is 0.124. The summed E-state index contributed by atoms with van der Waals surface area (Å²) in [6.45, 7) is 6.33. The van der Waals surface area contributed by atoms with Crippen molar-refractivity contribution in [1.29, 1.82) is 0 Å². The fraction of sp³-hybridized carbons (Fsp3) is 0.429. The normalized spacial score (nSPS) is 13.1. The van der Waals surface area contributed by atoms with Gasteiger partial charge in [0.15, 0.2) is 0 Å². The number of nitrogens with zero attached hydrogens (tertiary/aromatic N) is 1. The van der Waals surface area contributed by atoms with Gasteiger partial charge in [-0.1, -0.05) is 36.4 Å². The van der Waals surface area contributed by atoms with Crippen molar-refractivity contribution in [2.75, 3.05) is 13.2 Å². The highest BCUT2D eigenvalue weighted by atomic mass is 16.7. The van der Waals surface area contributed by atoms with Gasteiger partial charge in [0.1, 0.15) is 18.5 Å². The molecule has 2 rings (SSSR count). The SMILES string of the molecule is CC(=O)OC(C)OC(=O)N(CC(O)COc1cccc2ccccc12)C(C)C. The van der Waals surface area contributed by atoms with Crippen LogP contribution in [0.5, 0.6) is 5.75 Å². The molecule has 2 atom stereocenters. The fourth-order valence-electron chi connectivity index (χ4n) is 2.75. The van der Waals surface area contributed by atoms with E-state index in [1.807, 2.05) is 42.5 Å². The van der Waals surface area contributed by atoms with E-state index in [1.54, 1.807) is 13.8 Å². The largest absolute Gasteiger partial charge is 0.490 e. The topological polar surface area (TPSA) is 85.3 Å². The maximum Gasteiger partial charge on any atom is 0.413 e. The maximum atomic E-state index is 12.3. The van der Waals surface area contributed by atoms with Crippen molar-refractivity contribution in [3.8, 4) is 5.75 Å². The zero-order valence-electron chi connectivity index (χ0n) is 16.6. The third kappa shape index (κ3) is 6.13. The molecule has 2 unspecified atom stereocenters. The third-order valence-corrected chi connectivity index (χ3v) is 4.04. The molecule has 152 valence electrons. The monoisotopic (exact) mass is 389 g/mol. The summed E-state index contributed by atoms with van der Waals surface area (Å²) in [6, 6.07) is 13.3. The first-order valence-electron chi connectivity index (χ1n) is 9.21. The lowest BCUT2D eigenvalue weighted by atomic mass is 10.1. The van der Waals surface area contributed by atoms with Crippen molar-refractivity contribution in [2.45, 2.75) is 46.1 Å². The van der Waals surface area contributed by atoms with E-state index in [0.717, 1.165) is 10.8 Å². The van der Waals surface area contributed by atoms with Gasteiger partial charge in [0, 0.05) is 25.3 Å². The van der Waals surface area contributed by atoms with E-state index < -0.39 is 24.5 Å². The van der Waals surface area contributed by atoms with Crippen LogP contribution in [0.2, 0.25) is 0 Å². The minimum absolute atomic E-state index is 0.0179. The molecule has 1 amide bonds. The molecule has 0 aliphatic rings. The highest BCUT2D eigenvalue weighted by molar-refractivity contribution is 5.88. The van der Waals surface area contributed by atoms with E-state index in [4.69, 9.17) is 14.2 Å². The second kappa shape index (κ2) is 9.94. The first-order chi connectivity index (χ1) is 13.3. The number of esters is 1. The minimum Gasteiger partial charge on any atom is -0.490 e. The summed E-state index contributed by atoms with van der Waals surface area (Å²) in [5.41, 5.74) is 0. The van der Waals surface area contributed by atoms with Gasteiger partial charge >= 0.3 is 12.1 Å². The summed E-state index contributed by atoms with van der Waals surface area (Å²) in [4.78, 5) is 24.6. The van der Waals surface area contributed by atoms with Crippen molar-refractivity contribution < 1.29 is 28.9 Å². The van der Waals surface area contributed by atoms with Gasteiger partial charge in [-0.2, -0.15) is 0 Å². The quantitative estimate of drug-likeness (QED) is 0.551. The third-order valence-electron chi connectivity index (χ3n) is 4.04. The van der Waals surface area contributed by atoms with E-state index in [-0.39, 0.29) is 19.2 Å². The molecule has 1 N–H and O–H groups in total. The van der Waals surface area contributed by atoms with Gasteiger partial charge in [0.05, 0.1) is 6.54 Å². The predicted octanol–water partition coefficient (Wildman–Crippen LogP) is 3.34. The number of rotatable bonds is 8. The van der Waals surface area contributed by atoms with E-state index in [2.05, 4.69) is 0 Å². The number of aliphatic hydroxyl groups is 1. The number of carbonyl (C=O) groups is 2. The van der Waals surface area contributed by atoms with Crippen LogP contribution in [0.1, 0.15) is 27.7 Å². The number of fused-ring (bicyclic) bond motifs is 1. The Labute approximate surface area is 164 Å². The summed E-state index contributed by atoms with van der Waals surface area (Å²) in [6.07, 6.45) is -2.60. The zero-order chi connectivity index (χ0) is 20.7. The van der Waals surface area contributed by atoms with E-state index in [1.165, 1.54) is 18.7 Å². The Morgan fingerprint density at radius 1 is 1.04 bits per heavy atom. The van der Waals surface area contributed by atoms with Crippen molar-refractivity contribution in [3.05, 3.63) is 42.5 Å². The minimum atomic E-state index is -1.00. The molecule has 0 spiro atoms. The average Bonchev–Trinajstić information content (AvgIpc) is 2.63. The maximum absolute atomic E-state index is 12.3. The van der Waals surface area contributed by atoms with Crippen LogP contribution in [-0.4, -0.2) is 53.7 Å². The summed E-state index contributed by atoms with van der Waals surface area (Å²) in [7, 11) is 0. The lowest BCUT2D eigenvalue weighted by Crippen LogP contribution is -2.45. The number of ether oxygens (including phenoxy) is 3. The molecular weight excluding hydrogens is 362 g/mol. The summed E-state index contributed by atoms with van der Waals surface area (Å²) >= 11 is 0. The molecule has 0 aliphatic carbocycles. The molecule has 7 nitrogen and oxygen atoms in total. The van der Waals surface area contributed by atoms with Crippen LogP contribution in [0, 0.1) is 0 Å². The molecule has 0 saturated carbocycles. The first-order valence-corrected chi connectivity index (χ1v) is 9.21. The number of benzene rings is 2. The Hall–Kier alpha value is -2.80. The van der Waals surface area contributed by atoms with Crippen LogP contribution in [0.4, 0.5) is 4.79 Å². The van der Waals surface area contributed by atoms with Crippen LogP contribution in [0.15, 0.2) is 42.5 Å². The van der Waals surface area contributed by atoms with Gasteiger partial charge in [0.2, 0.25) is 6.29 Å². The van der Waals surface area contributed by atoms with Gasteiger partial charge < -0.3 is 24.2 Å². The van der Waals surface area contributed by atoms with Crippen LogP contribution >= 0.6 is 0 Å². The van der Waals surface area contributed by atoms with Crippen LogP contribution < -0.4 is 4.74 Å². The summed E-state index contributed by atoms with van der Waals surface area (Å²) < 4.78 is 15.7. The van der Waals surface area contributed by atoms with Crippen molar-refractivity contribution >= 4 is 22.8 Å². The lowest BCUT2D eigenvalue weighted by molar-refractivity contribution is -0.163. The number of hydrogen-bond acceptors (Lipinski definition) is 6. The van der Waals surface area contributed by atoms with Gasteiger partial charge in [0.25, 0.3) is 0 Å². The van der Waals surface area contributed by atoms with E-state index in [0.29, 0.717) is 5.75 Å². The highest BCUT2D eigenvalue weighted by Crippen LogP contribution is 2.25. The van der Waals surface area contributed by atoms with Crippen LogP contribution in [0.25, 0.3) is 10.8 Å². The van der Waals surface area contributed by atoms with Gasteiger partial charge in [-0.25, -0.2) is 4.79 Å². The lowest BCUT2D eigenvalue weighted by Gasteiger charge is -2.29. The van der Waals surface area contributed by atoms with Gasteiger partial charge in [-0.05, 0) is 25.3 Å². The molecule has 2 aromatic carbocycles. The van der Waals surface area contributed by atoms with Gasteiger partial charge in [-0.15, -0.1) is 0 Å². The summed E-state index contributed by atoms with van der Waals surface area (Å²) in [5, 5.41) is 12.4. The van der Waals surface area contributed by atoms with Gasteiger partial charge in [-0.3, -0.25) is 4.79 Å². The Morgan fingerprint density at radius 2 is 1.71 bits per heavy atom. The number of carbonyl (C=O) groups excluding carboxylic acids is 2. The molecule has 0 heterocycles. The fourth-order valence-corrected chi connectivity index (χ4v) is 2.75. The van der Waals surface area contributed by atoms with Crippen LogP contribution in [0.3, 0.4) is 0 Å². The molecule has 0 saturated heterocycles. The molecule has 2 aromatic rings. The highest BCUT2D eigenvalue weighted by Gasteiger charge is 2.24. The molecule has 28 heavy (non-hydrogen) atoms. The molecule has 7 heteroatoms. The first kappa shape index (κ1) is 21.5. The average molecular weight is 389 g/mol. The Bertz CT molecular complexity index is 801. The van der Waals surface area contributed by atoms with Crippen molar-refractivity contribution in [2.24, 2.45) is 0 Å². The molecule has 0 aliphatic heterocycles. The van der Waals surface area contributed by atoms with E-state index >= 15 is 0 Å². The number of hydrogen-bond donors (Lipinski definition) is 1. The van der Waals surface area contributed by atoms with Crippen LogP contribution in [-0.2, 0) is 14.3 Å².